The Balaban J connectivity index is 2.37. The minimum absolute atomic E-state index is 0.0385. The lowest BCUT2D eigenvalue weighted by Crippen LogP contribution is -2.24. The molecule has 3 nitrogen and oxygen atoms in total. The third kappa shape index (κ3) is 2.96. The molecule has 106 valence electrons. The van der Waals surface area contributed by atoms with Gasteiger partial charge in [0.05, 0.1) is 12.8 Å². The zero-order valence-corrected chi connectivity index (χ0v) is 11.7. The number of thiocarbonyl (C=S) groups is 1. The molecular formula is C14H14F2N2OS. The molecule has 1 heterocycles. The second kappa shape index (κ2) is 6.00. The molecule has 0 spiro atoms. The van der Waals surface area contributed by atoms with Crippen molar-refractivity contribution in [2.45, 2.75) is 13.5 Å². The minimum atomic E-state index is -0.693. The molecule has 0 radical (unpaired) electrons. The molecule has 2 N–H and O–H groups in total. The molecule has 20 heavy (non-hydrogen) atoms. The Morgan fingerprint density at radius 2 is 2.00 bits per heavy atom. The smallest absolute Gasteiger partial charge is 0.150 e. The molecule has 0 bridgehead atoms. The van der Waals surface area contributed by atoms with Crippen LogP contribution in [0.3, 0.4) is 0 Å². The fraction of sp³-hybridized carbons (Fsp3) is 0.214. The van der Waals surface area contributed by atoms with Crippen molar-refractivity contribution in [2.24, 2.45) is 5.73 Å². The van der Waals surface area contributed by atoms with Crippen LogP contribution in [0.2, 0.25) is 0 Å². The molecule has 2 rings (SSSR count). The summed E-state index contributed by atoms with van der Waals surface area (Å²) in [5, 5.41) is 0. The van der Waals surface area contributed by atoms with Crippen molar-refractivity contribution in [2.75, 3.05) is 11.4 Å². The molecule has 6 heteroatoms. The number of halogens is 2. The van der Waals surface area contributed by atoms with Crippen LogP contribution in [0, 0.1) is 11.6 Å². The van der Waals surface area contributed by atoms with Crippen molar-refractivity contribution in [1.29, 1.82) is 0 Å². The summed E-state index contributed by atoms with van der Waals surface area (Å²) in [5.41, 5.74) is 5.46. The highest BCUT2D eigenvalue weighted by Crippen LogP contribution is 2.26. The van der Waals surface area contributed by atoms with E-state index in [9.17, 15) is 8.78 Å². The molecule has 0 saturated heterocycles. The highest BCUT2D eigenvalue weighted by molar-refractivity contribution is 7.80. The van der Waals surface area contributed by atoms with Gasteiger partial charge in [-0.3, -0.25) is 0 Å². The van der Waals surface area contributed by atoms with Crippen LogP contribution in [0.25, 0.3) is 0 Å². The van der Waals surface area contributed by atoms with E-state index in [1.165, 1.54) is 6.26 Å². The van der Waals surface area contributed by atoms with E-state index in [1.54, 1.807) is 17.0 Å². The SMILES string of the molecule is CCN(Cc1ccco1)c1c(F)cc(C(N)=S)cc1F. The Labute approximate surface area is 121 Å². The summed E-state index contributed by atoms with van der Waals surface area (Å²) in [6.07, 6.45) is 1.52. The van der Waals surface area contributed by atoms with Crippen LogP contribution < -0.4 is 10.6 Å². The van der Waals surface area contributed by atoms with Crippen LogP contribution in [0.15, 0.2) is 34.9 Å². The number of hydrogen-bond donors (Lipinski definition) is 1. The van der Waals surface area contributed by atoms with Crippen LogP contribution in [-0.2, 0) is 6.54 Å². The first-order valence-electron chi connectivity index (χ1n) is 6.09. The van der Waals surface area contributed by atoms with Crippen molar-refractivity contribution >= 4 is 22.9 Å². The van der Waals surface area contributed by atoms with Crippen LogP contribution in [0.1, 0.15) is 18.2 Å². The quantitative estimate of drug-likeness (QED) is 0.860. The summed E-state index contributed by atoms with van der Waals surface area (Å²) >= 11 is 4.73. The summed E-state index contributed by atoms with van der Waals surface area (Å²) in [5.74, 6) is -0.758. The molecule has 1 aromatic heterocycles. The van der Waals surface area contributed by atoms with E-state index in [-0.39, 0.29) is 22.8 Å². The van der Waals surface area contributed by atoms with E-state index in [4.69, 9.17) is 22.4 Å². The Bertz CT molecular complexity index is 591. The summed E-state index contributed by atoms with van der Waals surface area (Å²) in [4.78, 5) is 1.51. The van der Waals surface area contributed by atoms with E-state index >= 15 is 0 Å². The summed E-state index contributed by atoms with van der Waals surface area (Å²) in [7, 11) is 0. The van der Waals surface area contributed by atoms with Crippen molar-refractivity contribution in [3.05, 3.63) is 53.5 Å². The number of rotatable bonds is 5. The van der Waals surface area contributed by atoms with Gasteiger partial charge in [-0.05, 0) is 31.2 Å². The number of nitrogens with two attached hydrogens (primary N) is 1. The molecule has 1 aromatic carbocycles. The standard InChI is InChI=1S/C14H14F2N2OS/c1-2-18(8-10-4-3-5-19-10)13-11(15)6-9(14(17)20)7-12(13)16/h3-7H,2,8H2,1H3,(H2,17,20). The molecule has 0 unspecified atom stereocenters. The zero-order valence-electron chi connectivity index (χ0n) is 10.9. The van der Waals surface area contributed by atoms with Gasteiger partial charge in [0.15, 0.2) is 0 Å². The Morgan fingerprint density at radius 1 is 1.35 bits per heavy atom. The molecule has 0 aliphatic carbocycles. The average Bonchev–Trinajstić information content (AvgIpc) is 2.89. The fourth-order valence-electron chi connectivity index (χ4n) is 1.95. The molecular weight excluding hydrogens is 282 g/mol. The third-order valence-electron chi connectivity index (χ3n) is 2.93. The van der Waals surface area contributed by atoms with Gasteiger partial charge in [0.25, 0.3) is 0 Å². The van der Waals surface area contributed by atoms with Crippen molar-refractivity contribution < 1.29 is 13.2 Å². The average molecular weight is 296 g/mol. The Morgan fingerprint density at radius 3 is 2.45 bits per heavy atom. The maximum absolute atomic E-state index is 14.1. The zero-order chi connectivity index (χ0) is 14.7. The highest BCUT2D eigenvalue weighted by atomic mass is 32.1. The van der Waals surface area contributed by atoms with Gasteiger partial charge < -0.3 is 15.1 Å². The first-order chi connectivity index (χ1) is 9.52. The first-order valence-corrected chi connectivity index (χ1v) is 6.50. The van der Waals surface area contributed by atoms with Gasteiger partial charge in [0.1, 0.15) is 28.1 Å². The highest BCUT2D eigenvalue weighted by Gasteiger charge is 2.18. The van der Waals surface area contributed by atoms with E-state index in [2.05, 4.69) is 0 Å². The molecule has 0 atom stereocenters. The number of nitrogens with zero attached hydrogens (tertiary/aromatic N) is 1. The molecule has 0 saturated carbocycles. The molecule has 0 aliphatic rings. The van der Waals surface area contributed by atoms with Crippen molar-refractivity contribution in [3.8, 4) is 0 Å². The minimum Gasteiger partial charge on any atom is -0.467 e. The van der Waals surface area contributed by atoms with Gasteiger partial charge >= 0.3 is 0 Å². The third-order valence-corrected chi connectivity index (χ3v) is 3.16. The van der Waals surface area contributed by atoms with Crippen LogP contribution in [-0.4, -0.2) is 11.5 Å². The fourth-order valence-corrected chi connectivity index (χ4v) is 2.07. The lowest BCUT2D eigenvalue weighted by molar-refractivity contribution is 0.497. The van der Waals surface area contributed by atoms with Crippen molar-refractivity contribution in [1.82, 2.24) is 0 Å². The Kier molecular flexibility index (Phi) is 4.34. The van der Waals surface area contributed by atoms with Gasteiger partial charge in [-0.15, -0.1) is 0 Å². The second-order valence-corrected chi connectivity index (χ2v) is 4.69. The summed E-state index contributed by atoms with van der Waals surface area (Å²) in [6.45, 7) is 2.52. The monoisotopic (exact) mass is 296 g/mol. The summed E-state index contributed by atoms with van der Waals surface area (Å²) < 4.78 is 33.4. The van der Waals surface area contributed by atoms with E-state index < -0.39 is 11.6 Å². The largest absolute Gasteiger partial charge is 0.467 e. The number of anilines is 1. The van der Waals surface area contributed by atoms with Crippen LogP contribution >= 0.6 is 12.2 Å². The molecule has 2 aromatic rings. The van der Waals surface area contributed by atoms with E-state index in [0.29, 0.717) is 12.3 Å². The topological polar surface area (TPSA) is 42.4 Å². The van der Waals surface area contributed by atoms with Gasteiger partial charge in [-0.1, -0.05) is 12.2 Å². The lowest BCUT2D eigenvalue weighted by Gasteiger charge is -2.23. The van der Waals surface area contributed by atoms with Crippen LogP contribution in [0.4, 0.5) is 14.5 Å². The van der Waals surface area contributed by atoms with E-state index in [0.717, 1.165) is 12.1 Å². The lowest BCUT2D eigenvalue weighted by atomic mass is 10.1. The van der Waals surface area contributed by atoms with Gasteiger partial charge in [0.2, 0.25) is 0 Å². The van der Waals surface area contributed by atoms with Crippen molar-refractivity contribution in [3.63, 3.8) is 0 Å². The maximum Gasteiger partial charge on any atom is 0.150 e. The first kappa shape index (κ1) is 14.5. The molecule has 0 amide bonds. The van der Waals surface area contributed by atoms with E-state index in [1.807, 2.05) is 6.92 Å². The molecule has 0 fully saturated rings. The maximum atomic E-state index is 14.1. The molecule has 0 aliphatic heterocycles. The number of hydrogen-bond acceptors (Lipinski definition) is 3. The predicted octanol–water partition coefficient (Wildman–Crippen LogP) is 3.22. The van der Waals surface area contributed by atoms with Gasteiger partial charge in [-0.25, -0.2) is 8.78 Å². The number of furan rings is 1. The van der Waals surface area contributed by atoms with Gasteiger partial charge in [0, 0.05) is 12.1 Å². The van der Waals surface area contributed by atoms with Gasteiger partial charge in [-0.2, -0.15) is 0 Å². The summed E-state index contributed by atoms with van der Waals surface area (Å²) in [6, 6.07) is 5.77. The normalized spacial score (nSPS) is 10.6. The second-order valence-electron chi connectivity index (χ2n) is 4.25. The predicted molar refractivity (Wildman–Crippen MR) is 77.7 cm³/mol. The number of benzene rings is 1. The van der Waals surface area contributed by atoms with Crippen LogP contribution in [0.5, 0.6) is 0 Å². The Hall–Kier alpha value is -1.95.